The van der Waals surface area contributed by atoms with Gasteiger partial charge in [0.05, 0.1) is 13.7 Å². The number of carboxylic acid groups (broad SMARTS) is 1. The molecule has 6 nitrogen and oxygen atoms in total. The Morgan fingerprint density at radius 1 is 1.25 bits per heavy atom. The zero-order chi connectivity index (χ0) is 18.1. The Morgan fingerprint density at radius 3 is 2.50 bits per heavy atom. The minimum Gasteiger partial charge on any atom is -0.493 e. The molecule has 1 amide bonds. The first-order valence-electron chi connectivity index (χ1n) is 8.29. The fourth-order valence-electron chi connectivity index (χ4n) is 2.16. The lowest BCUT2D eigenvalue weighted by Crippen LogP contribution is -2.45. The molecule has 0 aliphatic heterocycles. The first kappa shape index (κ1) is 19.8. The normalized spacial score (nSPS) is 13.0. The molecule has 2 atom stereocenters. The maximum absolute atomic E-state index is 12.3. The molecule has 0 aromatic heterocycles. The van der Waals surface area contributed by atoms with Crippen molar-refractivity contribution in [2.24, 2.45) is 5.92 Å². The number of unbranched alkanes of at least 4 members (excludes halogenated alkanes) is 1. The van der Waals surface area contributed by atoms with E-state index in [-0.39, 0.29) is 5.92 Å². The van der Waals surface area contributed by atoms with E-state index in [1.807, 2.05) is 6.92 Å². The zero-order valence-electron chi connectivity index (χ0n) is 14.8. The maximum atomic E-state index is 12.3. The average Bonchev–Trinajstić information content (AvgIpc) is 2.58. The summed E-state index contributed by atoms with van der Waals surface area (Å²) >= 11 is 0. The molecule has 0 aliphatic rings. The third kappa shape index (κ3) is 5.44. The van der Waals surface area contributed by atoms with Gasteiger partial charge in [-0.15, -0.1) is 0 Å². The summed E-state index contributed by atoms with van der Waals surface area (Å²) in [7, 11) is 1.50. The molecule has 24 heavy (non-hydrogen) atoms. The molecule has 1 aromatic carbocycles. The fourth-order valence-corrected chi connectivity index (χ4v) is 2.16. The third-order valence-corrected chi connectivity index (χ3v) is 3.95. The number of methoxy groups -OCH3 is 1. The summed E-state index contributed by atoms with van der Waals surface area (Å²) in [6.07, 6.45) is 2.61. The van der Waals surface area contributed by atoms with Crippen LogP contribution < -0.4 is 14.8 Å². The summed E-state index contributed by atoms with van der Waals surface area (Å²) in [4.78, 5) is 23.7. The summed E-state index contributed by atoms with van der Waals surface area (Å²) in [5, 5.41) is 11.8. The number of aliphatic carboxylic acids is 1. The van der Waals surface area contributed by atoms with Crippen LogP contribution >= 0.6 is 0 Å². The van der Waals surface area contributed by atoms with Crippen LogP contribution in [0.1, 0.15) is 50.4 Å². The van der Waals surface area contributed by atoms with Gasteiger partial charge in [0.15, 0.2) is 11.5 Å². The number of carbonyl (C=O) groups is 2. The minimum absolute atomic E-state index is 0.162. The predicted molar refractivity (Wildman–Crippen MR) is 91.7 cm³/mol. The third-order valence-electron chi connectivity index (χ3n) is 3.95. The van der Waals surface area contributed by atoms with Gasteiger partial charge in [-0.25, -0.2) is 4.79 Å². The van der Waals surface area contributed by atoms with Gasteiger partial charge in [0.1, 0.15) is 6.04 Å². The van der Waals surface area contributed by atoms with Crippen molar-refractivity contribution in [1.29, 1.82) is 0 Å². The van der Waals surface area contributed by atoms with Crippen molar-refractivity contribution >= 4 is 11.9 Å². The van der Waals surface area contributed by atoms with Gasteiger partial charge >= 0.3 is 5.97 Å². The summed E-state index contributed by atoms with van der Waals surface area (Å²) in [5.74, 6) is -0.622. The molecule has 0 spiro atoms. The van der Waals surface area contributed by atoms with Gasteiger partial charge in [-0.1, -0.05) is 33.6 Å². The van der Waals surface area contributed by atoms with Gasteiger partial charge in [0.25, 0.3) is 5.91 Å². The number of ether oxygens (including phenoxy) is 2. The van der Waals surface area contributed by atoms with E-state index in [2.05, 4.69) is 12.2 Å². The van der Waals surface area contributed by atoms with Gasteiger partial charge < -0.3 is 19.9 Å². The molecule has 0 saturated heterocycles. The lowest BCUT2D eigenvalue weighted by atomic mass is 9.99. The van der Waals surface area contributed by atoms with E-state index in [9.17, 15) is 14.7 Å². The fraction of sp³-hybridized carbons (Fsp3) is 0.556. The van der Waals surface area contributed by atoms with E-state index in [0.29, 0.717) is 30.1 Å². The van der Waals surface area contributed by atoms with Crippen LogP contribution in [0.25, 0.3) is 0 Å². The number of amides is 1. The van der Waals surface area contributed by atoms with Crippen LogP contribution in [0.5, 0.6) is 11.5 Å². The van der Waals surface area contributed by atoms with Crippen LogP contribution in [-0.2, 0) is 4.79 Å². The topological polar surface area (TPSA) is 84.9 Å². The molecule has 0 saturated carbocycles. The van der Waals surface area contributed by atoms with Crippen LogP contribution in [0.3, 0.4) is 0 Å². The molecule has 0 fully saturated rings. The lowest BCUT2D eigenvalue weighted by molar-refractivity contribution is -0.140. The average molecular weight is 337 g/mol. The SMILES string of the molecule is CCCCOc1ccc(C(=O)N[C@H](C(=O)O)[C@@H](C)CC)cc1OC. The van der Waals surface area contributed by atoms with Gasteiger partial charge in [-0.2, -0.15) is 0 Å². The highest BCUT2D eigenvalue weighted by Gasteiger charge is 2.26. The minimum atomic E-state index is -1.04. The van der Waals surface area contributed by atoms with Gasteiger partial charge in [-0.05, 0) is 30.5 Å². The van der Waals surface area contributed by atoms with Crippen molar-refractivity contribution in [2.75, 3.05) is 13.7 Å². The monoisotopic (exact) mass is 337 g/mol. The van der Waals surface area contributed by atoms with E-state index < -0.39 is 17.9 Å². The Hall–Kier alpha value is -2.24. The molecule has 0 heterocycles. The Bertz CT molecular complexity index is 558. The quantitative estimate of drug-likeness (QED) is 0.641. The number of nitrogens with one attached hydrogen (secondary N) is 1. The first-order chi connectivity index (χ1) is 11.4. The van der Waals surface area contributed by atoms with E-state index >= 15 is 0 Å². The van der Waals surface area contributed by atoms with Crippen LogP contribution in [0, 0.1) is 5.92 Å². The molecule has 2 N–H and O–H groups in total. The molecule has 0 bridgehead atoms. The lowest BCUT2D eigenvalue weighted by Gasteiger charge is -2.20. The predicted octanol–water partition coefficient (Wildman–Crippen LogP) is 3.10. The summed E-state index contributed by atoms with van der Waals surface area (Å²) in [5.41, 5.74) is 0.337. The standard InChI is InChI=1S/C18H27NO5/c1-5-7-10-24-14-9-8-13(11-15(14)23-4)17(20)19-16(18(21)22)12(3)6-2/h8-9,11-12,16H,5-7,10H2,1-4H3,(H,19,20)(H,21,22)/t12-,16-/m0/s1. The number of benzene rings is 1. The Kier molecular flexibility index (Phi) is 8.09. The largest absolute Gasteiger partial charge is 0.493 e. The van der Waals surface area contributed by atoms with E-state index in [1.54, 1.807) is 25.1 Å². The molecular formula is C18H27NO5. The van der Waals surface area contributed by atoms with Crippen molar-refractivity contribution in [3.8, 4) is 11.5 Å². The highest BCUT2D eigenvalue weighted by Crippen LogP contribution is 2.28. The Balaban J connectivity index is 2.88. The number of carboxylic acids is 1. The first-order valence-corrected chi connectivity index (χ1v) is 8.29. The second-order valence-corrected chi connectivity index (χ2v) is 5.74. The van der Waals surface area contributed by atoms with Crippen LogP contribution in [0.2, 0.25) is 0 Å². The van der Waals surface area contributed by atoms with Crippen LogP contribution in [-0.4, -0.2) is 36.7 Å². The molecule has 1 rings (SSSR count). The highest BCUT2D eigenvalue weighted by molar-refractivity contribution is 5.97. The van der Waals surface area contributed by atoms with Crippen LogP contribution in [0.4, 0.5) is 0 Å². The van der Waals surface area contributed by atoms with E-state index in [1.165, 1.54) is 7.11 Å². The maximum Gasteiger partial charge on any atom is 0.326 e. The van der Waals surface area contributed by atoms with Gasteiger partial charge in [0, 0.05) is 5.56 Å². The summed E-state index contributed by atoms with van der Waals surface area (Å²) < 4.78 is 10.9. The van der Waals surface area contributed by atoms with Crippen molar-refractivity contribution < 1.29 is 24.2 Å². The number of carbonyl (C=O) groups excluding carboxylic acids is 1. The molecule has 6 heteroatoms. The summed E-state index contributed by atoms with van der Waals surface area (Å²) in [6, 6.07) is 3.91. The molecular weight excluding hydrogens is 310 g/mol. The molecule has 1 aromatic rings. The molecule has 134 valence electrons. The van der Waals surface area contributed by atoms with Gasteiger partial charge in [0.2, 0.25) is 0 Å². The van der Waals surface area contributed by atoms with Crippen molar-refractivity contribution in [1.82, 2.24) is 5.32 Å². The van der Waals surface area contributed by atoms with Gasteiger partial charge in [-0.3, -0.25) is 4.79 Å². The van der Waals surface area contributed by atoms with E-state index in [4.69, 9.17) is 9.47 Å². The number of rotatable bonds is 10. The van der Waals surface area contributed by atoms with Crippen molar-refractivity contribution in [3.05, 3.63) is 23.8 Å². The van der Waals surface area contributed by atoms with Crippen molar-refractivity contribution in [2.45, 2.75) is 46.1 Å². The number of hydrogen-bond donors (Lipinski definition) is 2. The van der Waals surface area contributed by atoms with Crippen molar-refractivity contribution in [3.63, 3.8) is 0 Å². The highest BCUT2D eigenvalue weighted by atomic mass is 16.5. The second-order valence-electron chi connectivity index (χ2n) is 5.74. The zero-order valence-corrected chi connectivity index (χ0v) is 14.8. The molecule has 0 radical (unpaired) electrons. The Labute approximate surface area is 143 Å². The smallest absolute Gasteiger partial charge is 0.326 e. The summed E-state index contributed by atoms with van der Waals surface area (Å²) in [6.45, 7) is 6.33. The second kappa shape index (κ2) is 9.80. The van der Waals surface area contributed by atoms with E-state index in [0.717, 1.165) is 12.8 Å². The van der Waals surface area contributed by atoms with Crippen LogP contribution in [0.15, 0.2) is 18.2 Å². The molecule has 0 unspecified atom stereocenters. The Morgan fingerprint density at radius 2 is 1.96 bits per heavy atom. The number of hydrogen-bond acceptors (Lipinski definition) is 4. The molecule has 0 aliphatic carbocycles.